The van der Waals surface area contributed by atoms with Gasteiger partial charge in [-0.1, -0.05) is 6.92 Å². The SMILES string of the molecule is CCNN1CCC(COC)C1. The van der Waals surface area contributed by atoms with Crippen molar-refractivity contribution in [3.8, 4) is 0 Å². The van der Waals surface area contributed by atoms with Crippen LogP contribution in [0, 0.1) is 5.92 Å². The van der Waals surface area contributed by atoms with Crippen LogP contribution in [0.5, 0.6) is 0 Å². The Morgan fingerprint density at radius 2 is 2.45 bits per heavy atom. The zero-order valence-corrected chi connectivity index (χ0v) is 7.47. The summed E-state index contributed by atoms with van der Waals surface area (Å²) in [6.07, 6.45) is 1.26. The van der Waals surface area contributed by atoms with Crippen LogP contribution in [0.15, 0.2) is 0 Å². The number of hydrogen-bond donors (Lipinski definition) is 1. The quantitative estimate of drug-likeness (QED) is 0.644. The van der Waals surface area contributed by atoms with Crippen molar-refractivity contribution < 1.29 is 4.74 Å². The number of nitrogens with zero attached hydrogens (tertiary/aromatic N) is 1. The third-order valence-electron chi connectivity index (χ3n) is 2.07. The highest BCUT2D eigenvalue weighted by atomic mass is 16.5. The minimum atomic E-state index is 0.735. The lowest BCUT2D eigenvalue weighted by Crippen LogP contribution is -2.35. The predicted octanol–water partition coefficient (Wildman–Crippen LogP) is 0.479. The highest BCUT2D eigenvalue weighted by Gasteiger charge is 2.20. The number of hydrazine groups is 1. The molecule has 1 atom stereocenters. The van der Waals surface area contributed by atoms with Crippen LogP contribution in [0.25, 0.3) is 0 Å². The Balaban J connectivity index is 2.12. The van der Waals surface area contributed by atoms with Gasteiger partial charge in [0.05, 0.1) is 6.61 Å². The van der Waals surface area contributed by atoms with Gasteiger partial charge in [0.1, 0.15) is 0 Å². The average molecular weight is 158 g/mol. The minimum absolute atomic E-state index is 0.735. The molecule has 1 saturated heterocycles. The smallest absolute Gasteiger partial charge is 0.0503 e. The second-order valence-corrected chi connectivity index (χ2v) is 3.07. The fourth-order valence-electron chi connectivity index (χ4n) is 1.57. The molecule has 11 heavy (non-hydrogen) atoms. The maximum Gasteiger partial charge on any atom is 0.0503 e. The van der Waals surface area contributed by atoms with E-state index in [2.05, 4.69) is 17.4 Å². The Hall–Kier alpha value is -0.120. The minimum Gasteiger partial charge on any atom is -0.384 e. The monoisotopic (exact) mass is 158 g/mol. The van der Waals surface area contributed by atoms with Gasteiger partial charge in [0, 0.05) is 26.7 Å². The molecule has 0 aliphatic carbocycles. The van der Waals surface area contributed by atoms with Crippen LogP contribution < -0.4 is 5.43 Å². The molecule has 1 unspecified atom stereocenters. The standard InChI is InChI=1S/C8H18N2O/c1-3-9-10-5-4-8(6-10)7-11-2/h8-9H,3-7H2,1-2H3. The summed E-state index contributed by atoms with van der Waals surface area (Å²) < 4.78 is 5.10. The van der Waals surface area contributed by atoms with Gasteiger partial charge in [-0.2, -0.15) is 0 Å². The molecular formula is C8H18N2O. The lowest BCUT2D eigenvalue weighted by Gasteiger charge is -2.15. The molecule has 0 aromatic rings. The number of rotatable bonds is 4. The lowest BCUT2D eigenvalue weighted by atomic mass is 10.1. The summed E-state index contributed by atoms with van der Waals surface area (Å²) in [6, 6.07) is 0. The zero-order valence-electron chi connectivity index (χ0n) is 7.47. The highest BCUT2D eigenvalue weighted by Crippen LogP contribution is 2.13. The van der Waals surface area contributed by atoms with Crippen molar-refractivity contribution in [2.24, 2.45) is 5.92 Å². The van der Waals surface area contributed by atoms with E-state index in [9.17, 15) is 0 Å². The predicted molar refractivity (Wildman–Crippen MR) is 45.2 cm³/mol. The van der Waals surface area contributed by atoms with Crippen molar-refractivity contribution in [1.82, 2.24) is 10.4 Å². The largest absolute Gasteiger partial charge is 0.384 e. The Kier molecular flexibility index (Phi) is 3.83. The van der Waals surface area contributed by atoms with Gasteiger partial charge in [-0.3, -0.25) is 5.43 Å². The van der Waals surface area contributed by atoms with Crippen molar-refractivity contribution >= 4 is 0 Å². The van der Waals surface area contributed by atoms with Crippen molar-refractivity contribution in [1.29, 1.82) is 0 Å². The molecular weight excluding hydrogens is 140 g/mol. The summed E-state index contributed by atoms with van der Waals surface area (Å²) in [5, 5.41) is 2.28. The van der Waals surface area contributed by atoms with Crippen LogP contribution >= 0.6 is 0 Å². The van der Waals surface area contributed by atoms with Crippen LogP contribution in [0.4, 0.5) is 0 Å². The first-order valence-corrected chi connectivity index (χ1v) is 4.34. The Bertz CT molecular complexity index is 96.3. The van der Waals surface area contributed by atoms with E-state index in [1.165, 1.54) is 13.0 Å². The first-order valence-electron chi connectivity index (χ1n) is 4.34. The Morgan fingerprint density at radius 3 is 3.09 bits per heavy atom. The van der Waals surface area contributed by atoms with Crippen LogP contribution in [0.2, 0.25) is 0 Å². The van der Waals surface area contributed by atoms with E-state index < -0.39 is 0 Å². The molecule has 66 valence electrons. The van der Waals surface area contributed by atoms with Gasteiger partial charge in [0.25, 0.3) is 0 Å². The van der Waals surface area contributed by atoms with E-state index in [-0.39, 0.29) is 0 Å². The third-order valence-corrected chi connectivity index (χ3v) is 2.07. The van der Waals surface area contributed by atoms with Gasteiger partial charge in [0.15, 0.2) is 0 Å². The van der Waals surface area contributed by atoms with Gasteiger partial charge >= 0.3 is 0 Å². The summed E-state index contributed by atoms with van der Waals surface area (Å²) in [4.78, 5) is 0. The molecule has 0 saturated carbocycles. The topological polar surface area (TPSA) is 24.5 Å². The summed E-state index contributed by atoms with van der Waals surface area (Å²) in [5.41, 5.74) is 3.31. The molecule has 1 rings (SSSR count). The van der Waals surface area contributed by atoms with E-state index in [1.807, 2.05) is 0 Å². The zero-order chi connectivity index (χ0) is 8.10. The number of hydrogen-bond acceptors (Lipinski definition) is 3. The van der Waals surface area contributed by atoms with Crippen molar-refractivity contribution in [3.05, 3.63) is 0 Å². The third kappa shape index (κ3) is 2.77. The number of nitrogens with one attached hydrogen (secondary N) is 1. The molecule has 1 aliphatic rings. The second-order valence-electron chi connectivity index (χ2n) is 3.07. The molecule has 1 heterocycles. The van der Waals surface area contributed by atoms with E-state index >= 15 is 0 Å². The van der Waals surface area contributed by atoms with Gasteiger partial charge in [-0.25, -0.2) is 5.01 Å². The van der Waals surface area contributed by atoms with Gasteiger partial charge in [-0.05, 0) is 12.3 Å². The van der Waals surface area contributed by atoms with E-state index in [0.29, 0.717) is 0 Å². The first kappa shape index (κ1) is 8.97. The summed E-state index contributed by atoms with van der Waals surface area (Å²) in [6.45, 7) is 6.37. The molecule has 0 bridgehead atoms. The average Bonchev–Trinajstić information content (AvgIpc) is 2.38. The van der Waals surface area contributed by atoms with Crippen LogP contribution in [-0.4, -0.2) is 38.4 Å². The summed E-state index contributed by atoms with van der Waals surface area (Å²) in [7, 11) is 1.77. The molecule has 1 N–H and O–H groups in total. The van der Waals surface area contributed by atoms with Gasteiger partial charge in [-0.15, -0.1) is 0 Å². The molecule has 1 aliphatic heterocycles. The number of methoxy groups -OCH3 is 1. The summed E-state index contributed by atoms with van der Waals surface area (Å²) >= 11 is 0. The molecule has 3 nitrogen and oxygen atoms in total. The molecule has 0 radical (unpaired) electrons. The molecule has 1 fully saturated rings. The lowest BCUT2D eigenvalue weighted by molar-refractivity contribution is 0.146. The van der Waals surface area contributed by atoms with E-state index in [1.54, 1.807) is 7.11 Å². The number of ether oxygens (including phenoxy) is 1. The van der Waals surface area contributed by atoms with Crippen LogP contribution in [0.1, 0.15) is 13.3 Å². The highest BCUT2D eigenvalue weighted by molar-refractivity contribution is 4.72. The van der Waals surface area contributed by atoms with Crippen molar-refractivity contribution in [2.75, 3.05) is 33.4 Å². The van der Waals surface area contributed by atoms with Crippen molar-refractivity contribution in [2.45, 2.75) is 13.3 Å². The van der Waals surface area contributed by atoms with Gasteiger partial charge < -0.3 is 4.74 Å². The van der Waals surface area contributed by atoms with Crippen LogP contribution in [-0.2, 0) is 4.74 Å². The molecule has 0 aromatic carbocycles. The first-order chi connectivity index (χ1) is 5.36. The maximum absolute atomic E-state index is 5.10. The molecule has 0 amide bonds. The Labute approximate surface area is 68.7 Å². The normalized spacial score (nSPS) is 26.2. The van der Waals surface area contributed by atoms with Crippen LogP contribution in [0.3, 0.4) is 0 Å². The fraction of sp³-hybridized carbons (Fsp3) is 1.00. The fourth-order valence-corrected chi connectivity index (χ4v) is 1.57. The second kappa shape index (κ2) is 4.70. The maximum atomic E-state index is 5.10. The van der Waals surface area contributed by atoms with E-state index in [4.69, 9.17) is 4.74 Å². The van der Waals surface area contributed by atoms with E-state index in [0.717, 1.165) is 25.6 Å². The Morgan fingerprint density at radius 1 is 1.64 bits per heavy atom. The van der Waals surface area contributed by atoms with Gasteiger partial charge in [0.2, 0.25) is 0 Å². The summed E-state index contributed by atoms with van der Waals surface area (Å²) in [5.74, 6) is 0.735. The molecule has 0 aromatic heterocycles. The molecule has 0 spiro atoms. The molecule has 3 heteroatoms. The van der Waals surface area contributed by atoms with Crippen molar-refractivity contribution in [3.63, 3.8) is 0 Å².